The van der Waals surface area contributed by atoms with E-state index in [0.29, 0.717) is 11.9 Å². The van der Waals surface area contributed by atoms with Crippen molar-refractivity contribution in [2.75, 3.05) is 11.9 Å². The molecule has 0 saturated heterocycles. The van der Waals surface area contributed by atoms with Crippen LogP contribution in [0.2, 0.25) is 0 Å². The van der Waals surface area contributed by atoms with Gasteiger partial charge in [0.2, 0.25) is 0 Å². The van der Waals surface area contributed by atoms with Crippen LogP contribution in [0.15, 0.2) is 35.8 Å². The summed E-state index contributed by atoms with van der Waals surface area (Å²) in [6, 6.07) is 8.60. The van der Waals surface area contributed by atoms with Crippen LogP contribution in [0.5, 0.6) is 0 Å². The van der Waals surface area contributed by atoms with Gasteiger partial charge in [0.1, 0.15) is 5.82 Å². The van der Waals surface area contributed by atoms with E-state index < -0.39 is 0 Å². The highest BCUT2D eigenvalue weighted by atomic mass is 35.5. The van der Waals surface area contributed by atoms with E-state index in [9.17, 15) is 0 Å². The lowest BCUT2D eigenvalue weighted by atomic mass is 10.2. The van der Waals surface area contributed by atoms with Gasteiger partial charge in [-0.05, 0) is 30.0 Å². The zero-order valence-corrected chi connectivity index (χ0v) is 11.5. The zero-order valence-electron chi connectivity index (χ0n) is 9.93. The standard InChI is InChI=1S/C13H15ClN2S/c1-10(12-4-3-7-17-12)16(2)13-6-5-11(8-14)9-15-13/h3-7,9-10H,8H2,1-2H3. The van der Waals surface area contributed by atoms with Gasteiger partial charge in [0.15, 0.2) is 0 Å². The van der Waals surface area contributed by atoms with Crippen molar-refractivity contribution in [2.45, 2.75) is 18.8 Å². The van der Waals surface area contributed by atoms with Crippen LogP contribution >= 0.6 is 22.9 Å². The second-order valence-corrected chi connectivity index (χ2v) is 5.21. The number of aromatic nitrogens is 1. The Kier molecular flexibility index (Phi) is 4.02. The van der Waals surface area contributed by atoms with E-state index in [4.69, 9.17) is 11.6 Å². The Morgan fingerprint density at radius 3 is 2.76 bits per heavy atom. The number of hydrogen-bond acceptors (Lipinski definition) is 3. The minimum absolute atomic E-state index is 0.337. The molecule has 2 aromatic heterocycles. The first-order valence-corrected chi connectivity index (χ1v) is 6.91. The largest absolute Gasteiger partial charge is 0.352 e. The Morgan fingerprint density at radius 1 is 1.41 bits per heavy atom. The van der Waals surface area contributed by atoms with Crippen molar-refractivity contribution in [1.29, 1.82) is 0 Å². The van der Waals surface area contributed by atoms with Crippen molar-refractivity contribution in [3.8, 4) is 0 Å². The van der Waals surface area contributed by atoms with Crippen LogP contribution in [0.4, 0.5) is 5.82 Å². The summed E-state index contributed by atoms with van der Waals surface area (Å²) in [5.41, 5.74) is 1.05. The predicted octanol–water partition coefficient (Wildman–Crippen LogP) is 4.08. The van der Waals surface area contributed by atoms with Gasteiger partial charge in [-0.3, -0.25) is 0 Å². The number of hydrogen-bond donors (Lipinski definition) is 0. The molecule has 0 aliphatic carbocycles. The molecule has 1 atom stereocenters. The number of pyridine rings is 1. The summed E-state index contributed by atoms with van der Waals surface area (Å²) in [4.78, 5) is 7.94. The molecule has 2 nitrogen and oxygen atoms in total. The molecule has 0 aromatic carbocycles. The number of rotatable bonds is 4. The van der Waals surface area contributed by atoms with Crippen molar-refractivity contribution < 1.29 is 0 Å². The van der Waals surface area contributed by atoms with Crippen LogP contribution in [0, 0.1) is 0 Å². The summed E-state index contributed by atoms with van der Waals surface area (Å²) >= 11 is 7.52. The van der Waals surface area contributed by atoms with Gasteiger partial charge < -0.3 is 4.90 Å². The van der Waals surface area contributed by atoms with Crippen LogP contribution in [-0.2, 0) is 5.88 Å². The van der Waals surface area contributed by atoms with Gasteiger partial charge in [-0.2, -0.15) is 0 Å². The van der Waals surface area contributed by atoms with Gasteiger partial charge >= 0.3 is 0 Å². The average molecular weight is 267 g/mol. The lowest BCUT2D eigenvalue weighted by molar-refractivity contribution is 0.742. The smallest absolute Gasteiger partial charge is 0.128 e. The number of anilines is 1. The van der Waals surface area contributed by atoms with Crippen molar-refractivity contribution in [2.24, 2.45) is 0 Å². The molecule has 4 heteroatoms. The van der Waals surface area contributed by atoms with Crippen molar-refractivity contribution >= 4 is 28.8 Å². The molecule has 0 N–H and O–H groups in total. The van der Waals surface area contributed by atoms with E-state index in [1.54, 1.807) is 11.3 Å². The average Bonchev–Trinajstić information content (AvgIpc) is 2.91. The van der Waals surface area contributed by atoms with Gasteiger partial charge in [-0.15, -0.1) is 22.9 Å². The van der Waals surface area contributed by atoms with E-state index in [-0.39, 0.29) is 0 Å². The van der Waals surface area contributed by atoms with E-state index in [1.165, 1.54) is 4.88 Å². The fourth-order valence-electron chi connectivity index (χ4n) is 1.62. The predicted molar refractivity (Wildman–Crippen MR) is 74.9 cm³/mol. The van der Waals surface area contributed by atoms with Gasteiger partial charge in [-0.1, -0.05) is 12.1 Å². The summed E-state index contributed by atoms with van der Waals surface area (Å²) in [6.45, 7) is 2.18. The molecule has 0 spiro atoms. The van der Waals surface area contributed by atoms with E-state index in [2.05, 4.69) is 41.4 Å². The molecular weight excluding hydrogens is 252 g/mol. The minimum atomic E-state index is 0.337. The second kappa shape index (κ2) is 5.52. The molecule has 0 bridgehead atoms. The monoisotopic (exact) mass is 266 g/mol. The van der Waals surface area contributed by atoms with E-state index >= 15 is 0 Å². The molecule has 1 unspecified atom stereocenters. The topological polar surface area (TPSA) is 16.1 Å². The molecule has 0 aliphatic rings. The fraction of sp³-hybridized carbons (Fsp3) is 0.308. The Balaban J connectivity index is 2.16. The Bertz CT molecular complexity index is 453. The maximum absolute atomic E-state index is 5.75. The lowest BCUT2D eigenvalue weighted by Gasteiger charge is -2.25. The Morgan fingerprint density at radius 2 is 2.24 bits per heavy atom. The normalized spacial score (nSPS) is 12.4. The minimum Gasteiger partial charge on any atom is -0.352 e. The number of alkyl halides is 1. The third kappa shape index (κ3) is 2.79. The highest BCUT2D eigenvalue weighted by Gasteiger charge is 2.13. The number of nitrogens with zero attached hydrogens (tertiary/aromatic N) is 2. The first kappa shape index (κ1) is 12.4. The lowest BCUT2D eigenvalue weighted by Crippen LogP contribution is -2.21. The molecule has 90 valence electrons. The summed E-state index contributed by atoms with van der Waals surface area (Å²) < 4.78 is 0. The summed E-state index contributed by atoms with van der Waals surface area (Å²) in [5.74, 6) is 1.48. The van der Waals surface area contributed by atoms with Gasteiger partial charge in [-0.25, -0.2) is 4.98 Å². The molecule has 0 saturated carbocycles. The van der Waals surface area contributed by atoms with Crippen LogP contribution in [0.3, 0.4) is 0 Å². The van der Waals surface area contributed by atoms with Crippen molar-refractivity contribution in [3.05, 3.63) is 46.3 Å². The molecule has 2 heterocycles. The van der Waals surface area contributed by atoms with Crippen molar-refractivity contribution in [3.63, 3.8) is 0 Å². The summed E-state index contributed by atoms with van der Waals surface area (Å²) in [5, 5.41) is 2.10. The third-order valence-corrected chi connectivity index (χ3v) is 4.21. The SMILES string of the molecule is CC(c1cccs1)N(C)c1ccc(CCl)cn1. The maximum atomic E-state index is 5.75. The van der Waals surface area contributed by atoms with E-state index in [0.717, 1.165) is 11.4 Å². The highest BCUT2D eigenvalue weighted by Crippen LogP contribution is 2.26. The van der Waals surface area contributed by atoms with Crippen LogP contribution < -0.4 is 4.90 Å². The van der Waals surface area contributed by atoms with Crippen LogP contribution in [0.1, 0.15) is 23.4 Å². The Hall–Kier alpha value is -1.06. The first-order chi connectivity index (χ1) is 8.22. The molecule has 0 aliphatic heterocycles. The first-order valence-electron chi connectivity index (χ1n) is 5.49. The number of halogens is 1. The maximum Gasteiger partial charge on any atom is 0.128 e. The Labute approximate surface area is 111 Å². The number of thiophene rings is 1. The molecular formula is C13H15ClN2S. The van der Waals surface area contributed by atoms with Crippen molar-refractivity contribution in [1.82, 2.24) is 4.98 Å². The summed E-state index contributed by atoms with van der Waals surface area (Å²) in [6.07, 6.45) is 1.83. The van der Waals surface area contributed by atoms with Crippen LogP contribution in [0.25, 0.3) is 0 Å². The van der Waals surface area contributed by atoms with Gasteiger partial charge in [0.05, 0.1) is 6.04 Å². The zero-order chi connectivity index (χ0) is 12.3. The molecule has 0 fully saturated rings. The fourth-order valence-corrected chi connectivity index (χ4v) is 2.61. The quantitative estimate of drug-likeness (QED) is 0.776. The molecule has 17 heavy (non-hydrogen) atoms. The van der Waals surface area contributed by atoms with Crippen LogP contribution in [-0.4, -0.2) is 12.0 Å². The molecule has 2 aromatic rings. The molecule has 0 radical (unpaired) electrons. The van der Waals surface area contributed by atoms with E-state index in [1.807, 2.05) is 18.3 Å². The summed E-state index contributed by atoms with van der Waals surface area (Å²) in [7, 11) is 2.06. The van der Waals surface area contributed by atoms with Gasteiger partial charge in [0, 0.05) is 24.0 Å². The molecule has 0 amide bonds. The molecule has 2 rings (SSSR count). The van der Waals surface area contributed by atoms with Gasteiger partial charge in [0.25, 0.3) is 0 Å². The highest BCUT2D eigenvalue weighted by molar-refractivity contribution is 7.10. The second-order valence-electron chi connectivity index (χ2n) is 3.96. The third-order valence-electron chi connectivity index (χ3n) is 2.86.